The van der Waals surface area contributed by atoms with Crippen molar-refractivity contribution in [2.75, 3.05) is 6.16 Å². The van der Waals surface area contributed by atoms with Crippen molar-refractivity contribution in [3.05, 3.63) is 70.8 Å². The first-order chi connectivity index (χ1) is 13.5. The third-order valence-corrected chi connectivity index (χ3v) is 5.68. The van der Waals surface area contributed by atoms with Gasteiger partial charge in [-0.05, 0) is 43.4 Å². The van der Waals surface area contributed by atoms with Gasteiger partial charge in [0.25, 0.3) is 0 Å². The Balaban J connectivity index is 2.07. The first-order valence-electron chi connectivity index (χ1n) is 8.82. The largest absolute Gasteiger partial charge is 0.420 e. The van der Waals surface area contributed by atoms with Crippen LogP contribution in [0.1, 0.15) is 46.3 Å². The number of aryl methyl sites for hydroxylation is 1. The molecule has 0 N–H and O–H groups in total. The lowest BCUT2D eigenvalue weighted by Crippen LogP contribution is -2.19. The van der Waals surface area contributed by atoms with Crippen molar-refractivity contribution in [2.45, 2.75) is 38.0 Å². The number of rotatable bonds is 8. The van der Waals surface area contributed by atoms with E-state index in [1.165, 1.54) is 0 Å². The smallest absolute Gasteiger partial charge is 0.234 e. The summed E-state index contributed by atoms with van der Waals surface area (Å²) in [5, 5.41) is 0. The number of hydrogen-bond acceptors (Lipinski definition) is 2. The molecule has 0 aromatic heterocycles. The lowest BCUT2D eigenvalue weighted by molar-refractivity contribution is -0.143. The minimum atomic E-state index is -5.17. The monoisotopic (exact) mass is 435 g/mol. The van der Waals surface area contributed by atoms with Gasteiger partial charge in [0.2, 0.25) is 0 Å². The highest BCUT2D eigenvalue weighted by Gasteiger charge is 2.47. The molecule has 0 spiro atoms. The van der Waals surface area contributed by atoms with Crippen LogP contribution in [0.3, 0.4) is 0 Å². The van der Waals surface area contributed by atoms with Gasteiger partial charge in [0, 0.05) is 0 Å². The van der Waals surface area contributed by atoms with Crippen molar-refractivity contribution in [1.82, 2.24) is 0 Å². The minimum absolute atomic E-state index is 0.257. The van der Waals surface area contributed by atoms with Crippen molar-refractivity contribution in [2.24, 2.45) is 0 Å². The summed E-state index contributed by atoms with van der Waals surface area (Å²) in [7, 11) is -2.90. The van der Waals surface area contributed by atoms with Crippen LogP contribution < -0.4 is 0 Å². The fourth-order valence-corrected chi connectivity index (χ4v) is 4.09. The van der Waals surface area contributed by atoms with E-state index in [1.807, 2.05) is 30.3 Å². The van der Waals surface area contributed by atoms with E-state index >= 15 is 0 Å². The summed E-state index contributed by atoms with van der Waals surface area (Å²) < 4.78 is 91.0. The van der Waals surface area contributed by atoms with Crippen LogP contribution in [0.2, 0.25) is 0 Å². The van der Waals surface area contributed by atoms with Crippen LogP contribution in [0.15, 0.2) is 48.5 Å². The lowest BCUT2D eigenvalue weighted by Gasteiger charge is -2.15. The molecule has 0 aliphatic carbocycles. The number of carbonyl (C=O) groups is 1. The molecule has 9 heteroatoms. The summed E-state index contributed by atoms with van der Waals surface area (Å²) in [6.45, 7) is 0. The number of benzene rings is 2. The van der Waals surface area contributed by atoms with E-state index in [0.717, 1.165) is 12.0 Å². The predicted octanol–water partition coefficient (Wildman–Crippen LogP) is 7.10. The molecule has 2 nitrogen and oxygen atoms in total. The van der Waals surface area contributed by atoms with E-state index in [4.69, 9.17) is 0 Å². The van der Waals surface area contributed by atoms with Crippen molar-refractivity contribution in [3.8, 4) is 0 Å². The number of alkyl halides is 6. The topological polar surface area (TPSA) is 34.1 Å². The van der Waals surface area contributed by atoms with Gasteiger partial charge in [-0.3, -0.25) is 0 Å². The van der Waals surface area contributed by atoms with Gasteiger partial charge in [-0.25, -0.2) is 4.79 Å². The van der Waals surface area contributed by atoms with E-state index in [0.29, 0.717) is 31.0 Å². The second kappa shape index (κ2) is 9.53. The summed E-state index contributed by atoms with van der Waals surface area (Å²) in [5.41, 5.74) is -5.52. The van der Waals surface area contributed by atoms with Crippen molar-refractivity contribution < 1.29 is 35.7 Å². The SMILES string of the molecule is O=C(c1c(C(F)(F)F)cccc1C(F)(F)F)[P+](=O)CCCCCc1ccccc1. The molecule has 0 saturated heterocycles. The number of carbonyl (C=O) groups excluding carboxylic acids is 1. The van der Waals surface area contributed by atoms with E-state index in [2.05, 4.69) is 0 Å². The first-order valence-corrected chi connectivity index (χ1v) is 10.3. The molecule has 29 heavy (non-hydrogen) atoms. The number of halogens is 6. The van der Waals surface area contributed by atoms with E-state index in [1.54, 1.807) is 0 Å². The van der Waals surface area contributed by atoms with Gasteiger partial charge in [-0.2, -0.15) is 26.3 Å². The van der Waals surface area contributed by atoms with Gasteiger partial charge in [-0.15, -0.1) is 0 Å². The predicted molar refractivity (Wildman–Crippen MR) is 97.2 cm³/mol. The Kier molecular flexibility index (Phi) is 7.58. The van der Waals surface area contributed by atoms with Crippen LogP contribution in [0.4, 0.5) is 26.3 Å². The van der Waals surface area contributed by atoms with Crippen LogP contribution in [-0.4, -0.2) is 11.7 Å². The zero-order valence-electron chi connectivity index (χ0n) is 15.2. The molecular weight excluding hydrogens is 417 g/mol. The molecule has 0 saturated carbocycles. The standard InChI is InChI=1S/C20H18F6O2P/c21-19(22,23)15-11-7-12-16(20(24,25)26)17(15)18(27)29(28)13-6-2-5-10-14-8-3-1-4-9-14/h1,3-4,7-9,11-12H,2,5-6,10,13H2/q+1. The van der Waals surface area contributed by atoms with Crippen LogP contribution in [0.5, 0.6) is 0 Å². The summed E-state index contributed by atoms with van der Waals surface area (Å²) in [6, 6.07) is 10.8. The Morgan fingerprint density at radius 1 is 0.759 bits per heavy atom. The highest BCUT2D eigenvalue weighted by molar-refractivity contribution is 7.64. The van der Waals surface area contributed by atoms with Crippen LogP contribution in [0.25, 0.3) is 0 Å². The van der Waals surface area contributed by atoms with Crippen LogP contribution >= 0.6 is 7.80 Å². The summed E-state index contributed by atoms with van der Waals surface area (Å²) in [6.07, 6.45) is -8.34. The quantitative estimate of drug-likeness (QED) is 0.252. The third kappa shape index (κ3) is 6.39. The van der Waals surface area contributed by atoms with E-state index in [-0.39, 0.29) is 12.6 Å². The molecular formula is C20H18F6O2P+. The molecule has 0 amide bonds. The molecule has 2 aromatic rings. The summed E-state index contributed by atoms with van der Waals surface area (Å²) in [4.78, 5) is 12.3. The van der Waals surface area contributed by atoms with E-state index in [9.17, 15) is 35.7 Å². The van der Waals surface area contributed by atoms with Gasteiger partial charge >= 0.3 is 25.7 Å². The molecule has 0 heterocycles. The second-order valence-electron chi connectivity index (χ2n) is 6.43. The van der Waals surface area contributed by atoms with Crippen molar-refractivity contribution >= 4 is 13.3 Å². The fourth-order valence-electron chi connectivity index (χ4n) is 2.89. The molecule has 2 rings (SSSR count). The highest BCUT2D eigenvalue weighted by atomic mass is 31.1. The molecule has 156 valence electrons. The van der Waals surface area contributed by atoms with Gasteiger partial charge < -0.3 is 0 Å². The minimum Gasteiger partial charge on any atom is -0.234 e. The maximum absolute atomic E-state index is 13.1. The lowest BCUT2D eigenvalue weighted by atomic mass is 10.0. The zero-order chi connectivity index (χ0) is 21.7. The first kappa shape index (κ1) is 23.1. The molecule has 1 unspecified atom stereocenters. The normalized spacial score (nSPS) is 12.7. The average molecular weight is 435 g/mol. The number of hydrogen-bond donors (Lipinski definition) is 0. The third-order valence-electron chi connectivity index (χ3n) is 4.29. The molecule has 2 aromatic carbocycles. The Morgan fingerprint density at radius 2 is 1.31 bits per heavy atom. The van der Waals surface area contributed by atoms with Gasteiger partial charge in [-0.1, -0.05) is 41.0 Å². The van der Waals surface area contributed by atoms with Crippen LogP contribution in [-0.2, 0) is 23.3 Å². The Bertz CT molecular complexity index is 827. The Morgan fingerprint density at radius 3 is 1.83 bits per heavy atom. The molecule has 0 aliphatic rings. The Labute approximate surface area is 164 Å². The molecule has 0 radical (unpaired) electrons. The zero-order valence-corrected chi connectivity index (χ0v) is 16.1. The summed E-state index contributed by atoms with van der Waals surface area (Å²) in [5.74, 6) is 0. The Hall–Kier alpha value is -2.21. The van der Waals surface area contributed by atoms with E-state index < -0.39 is 42.4 Å². The maximum atomic E-state index is 13.1. The second-order valence-corrected chi connectivity index (χ2v) is 8.04. The average Bonchev–Trinajstić information content (AvgIpc) is 2.65. The fraction of sp³-hybridized carbons (Fsp3) is 0.350. The highest BCUT2D eigenvalue weighted by Crippen LogP contribution is 2.43. The summed E-state index contributed by atoms with van der Waals surface area (Å²) >= 11 is 0. The van der Waals surface area contributed by atoms with Gasteiger partial charge in [0.05, 0.1) is 16.7 Å². The number of unbranched alkanes of at least 4 members (excludes halogenated alkanes) is 2. The van der Waals surface area contributed by atoms with Crippen molar-refractivity contribution in [1.29, 1.82) is 0 Å². The van der Waals surface area contributed by atoms with Crippen molar-refractivity contribution in [3.63, 3.8) is 0 Å². The van der Waals surface area contributed by atoms with Gasteiger partial charge in [0.15, 0.2) is 6.16 Å². The van der Waals surface area contributed by atoms with Gasteiger partial charge in [0.1, 0.15) is 0 Å². The molecule has 1 atom stereocenters. The molecule has 0 fully saturated rings. The molecule has 0 bridgehead atoms. The van der Waals surface area contributed by atoms with Crippen LogP contribution in [0, 0.1) is 0 Å². The molecule has 0 aliphatic heterocycles. The maximum Gasteiger partial charge on any atom is 0.420 e.